The van der Waals surface area contributed by atoms with Crippen LogP contribution >= 0.6 is 11.3 Å². The van der Waals surface area contributed by atoms with E-state index in [4.69, 9.17) is 10.7 Å². The monoisotopic (exact) mass is 433 g/mol. The number of carbonyl (C=O) groups is 1. The van der Waals surface area contributed by atoms with Crippen molar-refractivity contribution in [3.8, 4) is 0 Å². The topological polar surface area (TPSA) is 83.6 Å². The largest absolute Gasteiger partial charge is 0.397 e. The zero-order valence-corrected chi connectivity index (χ0v) is 18.9. The highest BCUT2D eigenvalue weighted by Gasteiger charge is 2.24. The standard InChI is InChI=1S/C24H27N5OS/c1-15(2)17-9-10-19(25)21(13-17)27-23(30)24-28-20-11-12-29(14-22(20)31-24)16(3)26-18-7-5-4-6-8-18/h4-10,13,15H,11-12,14,25H2,1-3H3,(H,27,30)/b26-16+. The summed E-state index contributed by atoms with van der Waals surface area (Å²) in [6, 6.07) is 15.7. The van der Waals surface area contributed by atoms with E-state index in [1.807, 2.05) is 55.5 Å². The number of fused-ring (bicyclic) bond motifs is 1. The van der Waals surface area contributed by atoms with Crippen LogP contribution in [0.2, 0.25) is 0 Å². The molecule has 4 rings (SSSR count). The smallest absolute Gasteiger partial charge is 0.284 e. The Bertz CT molecular complexity index is 1120. The third kappa shape index (κ3) is 4.77. The van der Waals surface area contributed by atoms with Gasteiger partial charge in [0.25, 0.3) is 5.91 Å². The summed E-state index contributed by atoms with van der Waals surface area (Å²) < 4.78 is 0. The maximum Gasteiger partial charge on any atom is 0.284 e. The van der Waals surface area contributed by atoms with Crippen LogP contribution in [0, 0.1) is 0 Å². The molecule has 0 radical (unpaired) electrons. The quantitative estimate of drug-likeness (QED) is 0.336. The van der Waals surface area contributed by atoms with E-state index >= 15 is 0 Å². The van der Waals surface area contributed by atoms with Crippen molar-refractivity contribution in [3.63, 3.8) is 0 Å². The number of anilines is 2. The summed E-state index contributed by atoms with van der Waals surface area (Å²) in [6.45, 7) is 7.80. The lowest BCUT2D eigenvalue weighted by atomic mass is 10.0. The first kappa shape index (κ1) is 21.1. The highest BCUT2D eigenvalue weighted by molar-refractivity contribution is 7.13. The van der Waals surface area contributed by atoms with Gasteiger partial charge < -0.3 is 16.0 Å². The number of nitrogens with two attached hydrogens (primary N) is 1. The molecule has 1 amide bonds. The number of nitrogens with zero attached hydrogens (tertiary/aromatic N) is 3. The number of nitrogen functional groups attached to an aromatic ring is 1. The zero-order chi connectivity index (χ0) is 22.0. The Balaban J connectivity index is 1.49. The Morgan fingerprint density at radius 1 is 1.23 bits per heavy atom. The highest BCUT2D eigenvalue weighted by Crippen LogP contribution is 2.29. The van der Waals surface area contributed by atoms with Crippen LogP contribution < -0.4 is 11.1 Å². The molecule has 1 aromatic heterocycles. The Hall–Kier alpha value is -3.19. The fourth-order valence-electron chi connectivity index (χ4n) is 3.55. The number of carbonyl (C=O) groups excluding carboxylic acids is 1. The van der Waals surface area contributed by atoms with E-state index in [1.54, 1.807) is 0 Å². The molecule has 0 bridgehead atoms. The number of nitrogens with one attached hydrogen (secondary N) is 1. The van der Waals surface area contributed by atoms with Crippen LogP contribution in [0.15, 0.2) is 53.5 Å². The maximum atomic E-state index is 12.9. The Kier molecular flexibility index (Phi) is 6.04. The number of para-hydroxylation sites is 1. The van der Waals surface area contributed by atoms with Gasteiger partial charge in [-0.1, -0.05) is 38.1 Å². The number of aliphatic imine (C=N–C) groups is 1. The van der Waals surface area contributed by atoms with Crippen molar-refractivity contribution >= 4 is 40.1 Å². The van der Waals surface area contributed by atoms with Crippen LogP contribution in [0.5, 0.6) is 0 Å². The molecule has 0 aliphatic carbocycles. The SMILES string of the molecule is C/C(=N\c1ccccc1)N1CCc2nc(C(=O)Nc3cc(C(C)C)ccc3N)sc2C1. The lowest BCUT2D eigenvalue weighted by Gasteiger charge is -2.27. The second-order valence-corrected chi connectivity index (χ2v) is 9.09. The van der Waals surface area contributed by atoms with Crippen molar-refractivity contribution in [2.75, 3.05) is 17.6 Å². The summed E-state index contributed by atoms with van der Waals surface area (Å²) in [5, 5.41) is 3.42. The van der Waals surface area contributed by atoms with Crippen LogP contribution in [-0.2, 0) is 13.0 Å². The average Bonchev–Trinajstić information content (AvgIpc) is 3.19. The molecule has 31 heavy (non-hydrogen) atoms. The van der Waals surface area contributed by atoms with E-state index in [2.05, 4.69) is 29.0 Å². The fraction of sp³-hybridized carbons (Fsp3) is 0.292. The van der Waals surface area contributed by atoms with E-state index in [9.17, 15) is 4.79 Å². The predicted octanol–water partition coefficient (Wildman–Crippen LogP) is 5.21. The lowest BCUT2D eigenvalue weighted by molar-refractivity contribution is 0.102. The van der Waals surface area contributed by atoms with Gasteiger partial charge in [0, 0.05) is 17.8 Å². The third-order valence-corrected chi connectivity index (χ3v) is 6.50. The molecule has 3 aromatic rings. The van der Waals surface area contributed by atoms with Crippen LogP contribution in [-0.4, -0.2) is 28.2 Å². The molecule has 0 unspecified atom stereocenters. The minimum Gasteiger partial charge on any atom is -0.397 e. The maximum absolute atomic E-state index is 12.9. The van der Waals surface area contributed by atoms with Gasteiger partial charge in [0.1, 0.15) is 5.84 Å². The molecule has 3 N–H and O–H groups in total. The first-order valence-corrected chi connectivity index (χ1v) is 11.3. The predicted molar refractivity (Wildman–Crippen MR) is 128 cm³/mol. The molecular weight excluding hydrogens is 406 g/mol. The number of hydrogen-bond acceptors (Lipinski definition) is 5. The summed E-state index contributed by atoms with van der Waals surface area (Å²) in [6.07, 6.45) is 0.797. The van der Waals surface area contributed by atoms with Crippen molar-refractivity contribution in [1.82, 2.24) is 9.88 Å². The van der Waals surface area contributed by atoms with Crippen molar-refractivity contribution in [1.29, 1.82) is 0 Å². The number of amides is 1. The zero-order valence-electron chi connectivity index (χ0n) is 18.1. The van der Waals surface area contributed by atoms with Crippen LogP contribution in [0.3, 0.4) is 0 Å². The fourth-order valence-corrected chi connectivity index (χ4v) is 4.56. The van der Waals surface area contributed by atoms with Gasteiger partial charge in [-0.25, -0.2) is 9.98 Å². The molecule has 0 fully saturated rings. The van der Waals surface area contributed by atoms with E-state index in [0.29, 0.717) is 28.8 Å². The number of aromatic nitrogens is 1. The first-order chi connectivity index (χ1) is 14.9. The number of benzene rings is 2. The molecule has 160 valence electrons. The van der Waals surface area contributed by atoms with E-state index in [0.717, 1.165) is 40.6 Å². The van der Waals surface area contributed by atoms with Crippen LogP contribution in [0.1, 0.15) is 52.6 Å². The van der Waals surface area contributed by atoms with Crippen molar-refractivity contribution in [2.24, 2.45) is 4.99 Å². The van der Waals surface area contributed by atoms with Gasteiger partial charge in [-0.05, 0) is 42.7 Å². The second-order valence-electron chi connectivity index (χ2n) is 8.01. The van der Waals surface area contributed by atoms with Crippen LogP contribution in [0.4, 0.5) is 17.1 Å². The van der Waals surface area contributed by atoms with E-state index in [-0.39, 0.29) is 5.91 Å². The molecule has 0 spiro atoms. The normalized spacial score (nSPS) is 13.9. The summed E-state index contributed by atoms with van der Waals surface area (Å²) in [7, 11) is 0. The molecule has 2 heterocycles. The first-order valence-electron chi connectivity index (χ1n) is 10.5. The van der Waals surface area contributed by atoms with Gasteiger partial charge in [0.15, 0.2) is 5.01 Å². The molecular formula is C24H27N5OS. The van der Waals surface area contributed by atoms with Crippen LogP contribution in [0.25, 0.3) is 0 Å². The second kappa shape index (κ2) is 8.89. The van der Waals surface area contributed by atoms with Gasteiger partial charge in [-0.2, -0.15) is 0 Å². The molecule has 1 aliphatic rings. The van der Waals surface area contributed by atoms with Gasteiger partial charge >= 0.3 is 0 Å². The van der Waals surface area contributed by atoms with Gasteiger partial charge in [-0.15, -0.1) is 11.3 Å². The van der Waals surface area contributed by atoms with Gasteiger partial charge in [0.05, 0.1) is 29.3 Å². The minimum atomic E-state index is -0.215. The summed E-state index contributed by atoms with van der Waals surface area (Å²) >= 11 is 1.45. The number of hydrogen-bond donors (Lipinski definition) is 2. The number of amidine groups is 1. The summed E-state index contributed by atoms with van der Waals surface area (Å²) in [5.74, 6) is 1.11. The Morgan fingerprint density at radius 3 is 2.74 bits per heavy atom. The van der Waals surface area contributed by atoms with Gasteiger partial charge in [0.2, 0.25) is 0 Å². The number of thiazole rings is 1. The molecule has 1 aliphatic heterocycles. The summed E-state index contributed by atoms with van der Waals surface area (Å²) in [5.41, 5.74) is 10.3. The number of rotatable bonds is 4. The Morgan fingerprint density at radius 2 is 2.00 bits per heavy atom. The van der Waals surface area contributed by atoms with Crippen molar-refractivity contribution < 1.29 is 4.79 Å². The molecule has 0 saturated carbocycles. The van der Waals surface area contributed by atoms with E-state index in [1.165, 1.54) is 11.3 Å². The van der Waals surface area contributed by atoms with Gasteiger partial charge in [-0.3, -0.25) is 4.79 Å². The Labute approximate surface area is 186 Å². The molecule has 0 saturated heterocycles. The third-order valence-electron chi connectivity index (χ3n) is 5.42. The molecule has 6 nitrogen and oxygen atoms in total. The minimum absolute atomic E-state index is 0.215. The van der Waals surface area contributed by atoms with Crippen molar-refractivity contribution in [2.45, 2.75) is 39.7 Å². The molecule has 0 atom stereocenters. The lowest BCUT2D eigenvalue weighted by Crippen LogP contribution is -2.33. The summed E-state index contributed by atoms with van der Waals surface area (Å²) in [4.78, 5) is 25.5. The average molecular weight is 434 g/mol. The van der Waals surface area contributed by atoms with Crippen molar-refractivity contribution in [3.05, 3.63) is 69.7 Å². The highest BCUT2D eigenvalue weighted by atomic mass is 32.1. The molecule has 2 aromatic carbocycles. The molecule has 7 heteroatoms. The van der Waals surface area contributed by atoms with E-state index < -0.39 is 0 Å².